The maximum absolute atomic E-state index is 12.6. The number of amides is 1. The normalized spacial score (nSPS) is 15.2. The number of anilines is 1. The molecule has 1 aliphatic rings. The number of hydrogen-bond donors (Lipinski definition) is 3. The molecule has 3 N–H and O–H groups in total. The minimum atomic E-state index is -2.45. The molecule has 0 radical (unpaired) electrons. The highest BCUT2D eigenvalue weighted by atomic mass is 32.2. The standard InChI is InChI=1S/C17H18N2O.C15H20N2OS/c1-18-17(20)11-19-16-10-12-6-2-3-7-13(12)14-8-4-5-9-15(14)16;1-5-16-19(4,18)15-11-7-8-12-13(15)9-6-10-14(12)17(2)3/h2-9,16,19H,10-11H2,1H3,(H,18,20);6-11H,4-5H2,1-3H3,(H,16,18). The van der Waals surface area contributed by atoms with E-state index in [1.165, 1.54) is 22.3 Å². The summed E-state index contributed by atoms with van der Waals surface area (Å²) < 4.78 is 15.6. The number of benzene rings is 4. The van der Waals surface area contributed by atoms with E-state index in [9.17, 15) is 9.00 Å². The summed E-state index contributed by atoms with van der Waals surface area (Å²) in [5, 5.41) is 8.10. The predicted octanol–water partition coefficient (Wildman–Crippen LogP) is 4.79. The fourth-order valence-electron chi connectivity index (χ4n) is 5.08. The Morgan fingerprint density at radius 3 is 2.31 bits per heavy atom. The third-order valence-electron chi connectivity index (χ3n) is 6.93. The Labute approximate surface area is 232 Å². The maximum Gasteiger partial charge on any atom is 0.233 e. The van der Waals surface area contributed by atoms with E-state index in [-0.39, 0.29) is 11.9 Å². The van der Waals surface area contributed by atoms with E-state index in [0.717, 1.165) is 27.8 Å². The molecule has 1 amide bonds. The van der Waals surface area contributed by atoms with E-state index in [1.54, 1.807) is 7.05 Å². The van der Waals surface area contributed by atoms with Gasteiger partial charge in [-0.1, -0.05) is 79.7 Å². The topological polar surface area (TPSA) is 73.5 Å². The first-order chi connectivity index (χ1) is 18.8. The van der Waals surface area contributed by atoms with Gasteiger partial charge in [-0.05, 0) is 46.7 Å². The van der Waals surface area contributed by atoms with E-state index in [1.807, 2.05) is 45.3 Å². The zero-order valence-corrected chi connectivity index (χ0v) is 24.0. The van der Waals surface area contributed by atoms with Crippen molar-refractivity contribution in [2.24, 2.45) is 0 Å². The molecule has 4 aromatic rings. The van der Waals surface area contributed by atoms with Crippen molar-refractivity contribution in [2.45, 2.75) is 24.3 Å². The molecule has 7 heteroatoms. The summed E-state index contributed by atoms with van der Waals surface area (Å²) in [6, 6.07) is 29.0. The Morgan fingerprint density at radius 2 is 1.59 bits per heavy atom. The zero-order valence-electron chi connectivity index (χ0n) is 23.2. The van der Waals surface area contributed by atoms with Crippen molar-refractivity contribution in [2.75, 3.05) is 39.1 Å². The van der Waals surface area contributed by atoms with Crippen LogP contribution >= 0.6 is 0 Å². The van der Waals surface area contributed by atoms with Crippen molar-refractivity contribution in [3.63, 3.8) is 0 Å². The Balaban J connectivity index is 0.000000181. The van der Waals surface area contributed by atoms with E-state index in [4.69, 9.17) is 0 Å². The summed E-state index contributed by atoms with van der Waals surface area (Å²) in [6.45, 7) is 2.91. The molecule has 0 aliphatic heterocycles. The minimum Gasteiger partial charge on any atom is -0.377 e. The van der Waals surface area contributed by atoms with Gasteiger partial charge in [-0.3, -0.25) is 4.79 Å². The highest BCUT2D eigenvalue weighted by molar-refractivity contribution is 7.98. The molecule has 0 bridgehead atoms. The van der Waals surface area contributed by atoms with Crippen LogP contribution in [-0.4, -0.2) is 50.2 Å². The molecule has 6 nitrogen and oxygen atoms in total. The fourth-order valence-corrected chi connectivity index (χ4v) is 6.53. The quantitative estimate of drug-likeness (QED) is 0.294. The lowest BCUT2D eigenvalue weighted by Gasteiger charge is -2.28. The maximum atomic E-state index is 12.6. The van der Waals surface area contributed by atoms with Gasteiger partial charge in [-0.25, -0.2) is 8.93 Å². The Morgan fingerprint density at radius 1 is 0.923 bits per heavy atom. The molecule has 0 aromatic heterocycles. The number of hydrogen-bond acceptors (Lipinski definition) is 4. The van der Waals surface area contributed by atoms with Gasteiger partial charge in [-0.15, -0.1) is 0 Å². The first-order valence-corrected chi connectivity index (χ1v) is 14.9. The summed E-state index contributed by atoms with van der Waals surface area (Å²) in [6.07, 6.45) is 0.921. The van der Waals surface area contributed by atoms with Gasteiger partial charge in [0, 0.05) is 50.2 Å². The molecular weight excluding hydrogens is 504 g/mol. The molecular formula is C32H38N4O2S. The van der Waals surface area contributed by atoms with Crippen LogP contribution in [0.5, 0.6) is 0 Å². The van der Waals surface area contributed by atoms with Gasteiger partial charge in [0.2, 0.25) is 5.91 Å². The van der Waals surface area contributed by atoms with Gasteiger partial charge < -0.3 is 15.5 Å². The smallest absolute Gasteiger partial charge is 0.233 e. The second-order valence-electron chi connectivity index (χ2n) is 9.75. The van der Waals surface area contributed by atoms with Crippen LogP contribution in [0.2, 0.25) is 0 Å². The number of carbonyl (C=O) groups excluding carboxylic acids is 1. The number of fused-ring (bicyclic) bond motifs is 4. The van der Waals surface area contributed by atoms with Crippen molar-refractivity contribution < 1.29 is 9.00 Å². The Kier molecular flexibility index (Phi) is 9.07. The number of likely N-dealkylation sites (N-methyl/N-ethyl adjacent to an activating group) is 1. The summed E-state index contributed by atoms with van der Waals surface area (Å²) >= 11 is 0. The zero-order chi connectivity index (χ0) is 28.0. The second kappa shape index (κ2) is 12.5. The molecule has 0 saturated carbocycles. The predicted molar refractivity (Wildman–Crippen MR) is 166 cm³/mol. The van der Waals surface area contributed by atoms with Crippen LogP contribution in [0.15, 0.2) is 89.8 Å². The Bertz CT molecular complexity index is 1560. The van der Waals surface area contributed by atoms with Crippen molar-refractivity contribution >= 4 is 37.9 Å². The molecule has 1 aliphatic carbocycles. The van der Waals surface area contributed by atoms with Gasteiger partial charge in [0.05, 0.1) is 21.1 Å². The molecule has 39 heavy (non-hydrogen) atoms. The summed E-state index contributed by atoms with van der Waals surface area (Å²) in [5.41, 5.74) is 6.30. The van der Waals surface area contributed by atoms with Gasteiger partial charge >= 0.3 is 0 Å². The third-order valence-corrected chi connectivity index (χ3v) is 8.75. The molecule has 0 heterocycles. The molecule has 0 spiro atoms. The number of nitrogens with one attached hydrogen (secondary N) is 3. The average molecular weight is 543 g/mol. The van der Waals surface area contributed by atoms with Crippen molar-refractivity contribution in [1.29, 1.82) is 0 Å². The summed E-state index contributed by atoms with van der Waals surface area (Å²) in [5.74, 6) is 3.87. The first-order valence-electron chi connectivity index (χ1n) is 13.2. The molecule has 4 aromatic carbocycles. The highest BCUT2D eigenvalue weighted by Gasteiger charge is 2.24. The first kappa shape index (κ1) is 28.4. The van der Waals surface area contributed by atoms with Crippen LogP contribution in [0.4, 0.5) is 5.69 Å². The van der Waals surface area contributed by atoms with Crippen LogP contribution in [0.3, 0.4) is 0 Å². The molecule has 2 atom stereocenters. The Hall–Kier alpha value is -3.65. The van der Waals surface area contributed by atoms with Crippen molar-refractivity contribution in [3.05, 3.63) is 96.1 Å². The van der Waals surface area contributed by atoms with Crippen LogP contribution < -0.4 is 20.3 Å². The summed E-state index contributed by atoms with van der Waals surface area (Å²) in [7, 11) is 3.23. The van der Waals surface area contributed by atoms with Crippen LogP contribution in [0.1, 0.15) is 24.1 Å². The SMILES string of the molecule is C=S(=O)(NCC)c1cccc2c(N(C)C)cccc12.CNC(=O)CNC1Cc2ccccc2-c2ccccc21. The molecule has 5 rings (SSSR count). The molecule has 204 valence electrons. The monoisotopic (exact) mass is 542 g/mol. The lowest BCUT2D eigenvalue weighted by molar-refractivity contribution is -0.119. The molecule has 0 fully saturated rings. The number of rotatable bonds is 7. The van der Waals surface area contributed by atoms with Crippen LogP contribution in [-0.2, 0) is 20.9 Å². The van der Waals surface area contributed by atoms with Gasteiger partial charge in [-0.2, -0.15) is 0 Å². The highest BCUT2D eigenvalue weighted by Crippen LogP contribution is 2.38. The van der Waals surface area contributed by atoms with Crippen molar-refractivity contribution in [1.82, 2.24) is 15.4 Å². The van der Waals surface area contributed by atoms with E-state index in [0.29, 0.717) is 13.1 Å². The lowest BCUT2D eigenvalue weighted by atomic mass is 9.82. The number of nitrogens with zero attached hydrogens (tertiary/aromatic N) is 1. The minimum absolute atomic E-state index is 0.0151. The van der Waals surface area contributed by atoms with Crippen molar-refractivity contribution in [3.8, 4) is 11.1 Å². The van der Waals surface area contributed by atoms with Gasteiger partial charge in [0.25, 0.3) is 0 Å². The van der Waals surface area contributed by atoms with E-state index in [2.05, 4.69) is 86.8 Å². The lowest BCUT2D eigenvalue weighted by Crippen LogP contribution is -2.35. The third kappa shape index (κ3) is 6.33. The van der Waals surface area contributed by atoms with E-state index >= 15 is 0 Å². The van der Waals surface area contributed by atoms with Crippen LogP contribution in [0, 0.1) is 0 Å². The van der Waals surface area contributed by atoms with Crippen LogP contribution in [0.25, 0.3) is 21.9 Å². The number of carbonyl (C=O) groups is 1. The molecule has 0 saturated heterocycles. The van der Waals surface area contributed by atoms with E-state index < -0.39 is 9.71 Å². The fraction of sp³-hybridized carbons (Fsp3) is 0.250. The molecule has 2 unspecified atom stereocenters. The summed E-state index contributed by atoms with van der Waals surface area (Å²) in [4.78, 5) is 14.3. The largest absolute Gasteiger partial charge is 0.377 e. The average Bonchev–Trinajstić information content (AvgIpc) is 2.95. The van der Waals surface area contributed by atoms with Gasteiger partial charge in [0.15, 0.2) is 0 Å². The van der Waals surface area contributed by atoms with Gasteiger partial charge in [0.1, 0.15) is 0 Å². The second-order valence-corrected chi connectivity index (χ2v) is 11.8.